The number of hydrogen-bond donors (Lipinski definition) is 1. The van der Waals surface area contributed by atoms with Crippen LogP contribution in [0.2, 0.25) is 0 Å². The van der Waals surface area contributed by atoms with Crippen molar-refractivity contribution in [2.75, 3.05) is 0 Å². The Morgan fingerprint density at radius 3 is 1.11 bits per heavy atom. The second-order valence-corrected chi connectivity index (χ2v) is 6.00. The van der Waals surface area contributed by atoms with Gasteiger partial charge in [-0.3, -0.25) is 0 Å². The van der Waals surface area contributed by atoms with E-state index in [0.717, 1.165) is 0 Å². The van der Waals surface area contributed by atoms with Gasteiger partial charge in [0.1, 0.15) is 0 Å². The van der Waals surface area contributed by atoms with E-state index in [0.29, 0.717) is 0 Å². The number of aliphatic carboxylic acids is 1. The largest absolute Gasteiger partial charge is 0.527 e. The molecule has 0 aliphatic rings. The van der Waals surface area contributed by atoms with Crippen molar-refractivity contribution in [3.8, 4) is 0 Å². The number of carboxylic acid groups (broad SMARTS) is 1. The third-order valence-corrected chi connectivity index (χ3v) is 3.07. The minimum Gasteiger partial charge on any atom is -0.478 e. The molecule has 0 aliphatic heterocycles. The van der Waals surface area contributed by atoms with Gasteiger partial charge in [-0.2, -0.15) is 61.5 Å². The predicted octanol–water partition coefficient (Wildman–Crippen LogP) is 6.14. The minimum atomic E-state index is -7.61. The summed E-state index contributed by atoms with van der Waals surface area (Å²) in [5.41, 5.74) is -1.15. The topological polar surface area (TPSA) is 74.2 Å². The van der Waals surface area contributed by atoms with Crippen molar-refractivity contribution < 1.29 is 103 Å². The summed E-state index contributed by atoms with van der Waals surface area (Å²) in [6.07, 6.45) is -60.4. The van der Waals surface area contributed by atoms with Crippen molar-refractivity contribution in [2.45, 2.75) is 62.0 Å². The van der Waals surface area contributed by atoms with Crippen LogP contribution in [-0.4, -0.2) is 60.2 Å². The summed E-state index contributed by atoms with van der Waals surface area (Å²) in [5.74, 6) is -2.00. The molecule has 0 bridgehead atoms. The highest BCUT2D eigenvalue weighted by Crippen LogP contribution is 2.51. The van der Waals surface area contributed by atoms with Gasteiger partial charge in [0.05, 0.1) is 0 Å². The van der Waals surface area contributed by atoms with Crippen LogP contribution in [0.1, 0.15) is 12.8 Å². The zero-order valence-corrected chi connectivity index (χ0v) is 16.0. The first-order valence-electron chi connectivity index (χ1n) is 7.83. The van der Waals surface area contributed by atoms with Crippen molar-refractivity contribution in [1.29, 1.82) is 0 Å². The smallest absolute Gasteiger partial charge is 0.478 e. The maximum absolute atomic E-state index is 13.3. The molecule has 0 unspecified atom stereocenters. The van der Waals surface area contributed by atoms with E-state index in [1.165, 1.54) is 14.2 Å². The Labute approximate surface area is 185 Å². The van der Waals surface area contributed by atoms with Gasteiger partial charge in [-0.1, -0.05) is 6.58 Å². The van der Waals surface area contributed by atoms with Gasteiger partial charge in [0.25, 0.3) is 0 Å². The predicted molar refractivity (Wildman–Crippen MR) is 71.0 cm³/mol. The van der Waals surface area contributed by atoms with Crippen LogP contribution >= 0.6 is 0 Å². The molecule has 0 rings (SSSR count). The molecule has 0 saturated carbocycles. The molecule has 36 heavy (non-hydrogen) atoms. The lowest BCUT2D eigenvalue weighted by molar-refractivity contribution is -0.580. The van der Waals surface area contributed by atoms with Crippen molar-refractivity contribution in [3.05, 3.63) is 12.2 Å². The van der Waals surface area contributed by atoms with Gasteiger partial charge < -0.3 is 5.11 Å². The van der Waals surface area contributed by atoms with E-state index in [9.17, 15) is 79.4 Å². The number of carbonyl (C=O) groups is 1. The molecular formula is C13H7F17O6. The first-order valence-corrected chi connectivity index (χ1v) is 7.83. The first kappa shape index (κ1) is 33.9. The molecule has 0 atom stereocenters. The van der Waals surface area contributed by atoms with Gasteiger partial charge in [0, 0.05) is 12.0 Å². The molecule has 0 spiro atoms. The van der Waals surface area contributed by atoms with E-state index in [4.69, 9.17) is 5.11 Å². The molecule has 0 aromatic carbocycles. The van der Waals surface area contributed by atoms with Crippen molar-refractivity contribution >= 4 is 5.97 Å². The summed E-state index contributed by atoms with van der Waals surface area (Å²) in [4.78, 5) is 10.3. The maximum Gasteiger partial charge on any atom is 0.527 e. The Morgan fingerprint density at radius 1 is 0.556 bits per heavy atom. The number of halogens is 17. The monoisotopic (exact) mass is 582 g/mol. The molecule has 0 amide bonds. The molecule has 6 nitrogen and oxygen atoms in total. The molecule has 0 fully saturated rings. The molecule has 0 aromatic rings. The van der Waals surface area contributed by atoms with E-state index in [1.807, 2.05) is 0 Å². The highest BCUT2D eigenvalue weighted by atomic mass is 19.4. The van der Waals surface area contributed by atoms with E-state index >= 15 is 0 Å². The maximum atomic E-state index is 13.3. The second kappa shape index (κ2) is 9.96. The van der Waals surface area contributed by atoms with E-state index in [2.05, 4.69) is 11.3 Å². The Morgan fingerprint density at radius 2 is 0.833 bits per heavy atom. The van der Waals surface area contributed by atoms with Crippen molar-refractivity contribution in [2.24, 2.45) is 0 Å². The molecule has 23 heteroatoms. The standard InChI is InChI=1S/C13H7F17O6/c1-4(5(31)32)2-3-6(14,15)33-7(16,17)8(18,19)34-9(20,21)10(22,23)35-11(24,25)12(26,27)36-13(28,29)30/h1-3H2,(H,31,32). The van der Waals surface area contributed by atoms with Crippen LogP contribution in [0.25, 0.3) is 0 Å². The zero-order chi connectivity index (χ0) is 29.4. The summed E-state index contributed by atoms with van der Waals surface area (Å²) < 4.78 is 225. The first-order chi connectivity index (χ1) is 15.4. The van der Waals surface area contributed by atoms with Crippen molar-refractivity contribution in [3.63, 3.8) is 0 Å². The third-order valence-electron chi connectivity index (χ3n) is 3.07. The number of rotatable bonds is 14. The minimum absolute atomic E-state index is 1.15. The van der Waals surface area contributed by atoms with Crippen molar-refractivity contribution in [1.82, 2.24) is 0 Å². The molecule has 0 saturated heterocycles. The number of hydrogen-bond acceptors (Lipinski definition) is 5. The third kappa shape index (κ3) is 8.76. The highest BCUT2D eigenvalue weighted by Gasteiger charge is 2.77. The molecule has 0 aliphatic carbocycles. The molecule has 0 aromatic heterocycles. The van der Waals surface area contributed by atoms with Gasteiger partial charge in [-0.25, -0.2) is 23.7 Å². The van der Waals surface area contributed by atoms with Crippen LogP contribution < -0.4 is 0 Å². The highest BCUT2D eigenvalue weighted by molar-refractivity contribution is 5.85. The Kier molecular flexibility index (Phi) is 9.37. The Hall–Kier alpha value is -2.14. The normalized spacial score (nSPS) is 15.2. The van der Waals surface area contributed by atoms with Crippen LogP contribution in [0.3, 0.4) is 0 Å². The Bertz CT molecular complexity index is 805. The summed E-state index contributed by atoms with van der Waals surface area (Å²) in [6.45, 7) is 2.61. The number of alkyl halides is 17. The lowest BCUT2D eigenvalue weighted by Gasteiger charge is -2.35. The fourth-order valence-corrected chi connectivity index (χ4v) is 1.47. The second-order valence-electron chi connectivity index (χ2n) is 6.00. The molecule has 214 valence electrons. The quantitative estimate of drug-likeness (QED) is 0.196. The van der Waals surface area contributed by atoms with E-state index < -0.39 is 73.5 Å². The SMILES string of the molecule is C=C(CCC(F)(F)OC(F)(F)C(F)(F)OC(F)(F)C(F)(F)OC(F)(F)C(F)(F)OC(F)(F)F)C(=O)O. The van der Waals surface area contributed by atoms with Crippen LogP contribution in [0.5, 0.6) is 0 Å². The lowest BCUT2D eigenvalue weighted by atomic mass is 10.1. The average molecular weight is 582 g/mol. The summed E-state index contributed by atoms with van der Waals surface area (Å²) in [6, 6.07) is 0. The fraction of sp³-hybridized carbons (Fsp3) is 0.769. The van der Waals surface area contributed by atoms with Crippen LogP contribution in [0.4, 0.5) is 74.6 Å². The molecular weight excluding hydrogens is 575 g/mol. The lowest BCUT2D eigenvalue weighted by Crippen LogP contribution is -2.59. The molecule has 1 N–H and O–H groups in total. The van der Waals surface area contributed by atoms with Gasteiger partial charge >= 0.3 is 55.1 Å². The van der Waals surface area contributed by atoms with Crippen LogP contribution in [0.15, 0.2) is 12.2 Å². The summed E-state index contributed by atoms with van der Waals surface area (Å²) >= 11 is 0. The van der Waals surface area contributed by atoms with Crippen LogP contribution in [-0.2, 0) is 23.7 Å². The zero-order valence-electron chi connectivity index (χ0n) is 16.0. The average Bonchev–Trinajstić information content (AvgIpc) is 2.54. The fourth-order valence-electron chi connectivity index (χ4n) is 1.47. The van der Waals surface area contributed by atoms with Gasteiger partial charge in [0.2, 0.25) is 0 Å². The summed E-state index contributed by atoms with van der Waals surface area (Å²) in [5, 5.41) is 8.33. The van der Waals surface area contributed by atoms with E-state index in [1.54, 1.807) is 0 Å². The number of carboxylic acids is 1. The van der Waals surface area contributed by atoms with Gasteiger partial charge in [0.15, 0.2) is 0 Å². The van der Waals surface area contributed by atoms with Crippen LogP contribution in [0, 0.1) is 0 Å². The van der Waals surface area contributed by atoms with E-state index in [-0.39, 0.29) is 0 Å². The number of ether oxygens (including phenoxy) is 4. The van der Waals surface area contributed by atoms with Gasteiger partial charge in [-0.05, 0) is 6.42 Å². The Balaban J connectivity index is 5.77. The van der Waals surface area contributed by atoms with Gasteiger partial charge in [-0.15, -0.1) is 13.2 Å². The molecule has 0 radical (unpaired) electrons. The molecule has 0 heterocycles. The summed E-state index contributed by atoms with van der Waals surface area (Å²) in [7, 11) is 0.